The van der Waals surface area contributed by atoms with E-state index in [9.17, 15) is 14.4 Å². The quantitative estimate of drug-likeness (QED) is 0.584. The number of aromatic nitrogens is 1. The molecule has 0 saturated carbocycles. The van der Waals surface area contributed by atoms with Crippen LogP contribution in [0.25, 0.3) is 10.2 Å². The number of rotatable bonds is 4. The zero-order valence-electron chi connectivity index (χ0n) is 17.1. The van der Waals surface area contributed by atoms with Crippen LogP contribution in [0.1, 0.15) is 52.5 Å². The summed E-state index contributed by atoms with van der Waals surface area (Å²) in [6.07, 6.45) is 2.43. The molecule has 0 spiro atoms. The Labute approximate surface area is 184 Å². The number of para-hydroxylation sites is 1. The summed E-state index contributed by atoms with van der Waals surface area (Å²) in [4.78, 5) is 44.5. The zero-order chi connectivity index (χ0) is 21.4. The average Bonchev–Trinajstić information content (AvgIpc) is 3.38. The van der Waals surface area contributed by atoms with E-state index in [4.69, 9.17) is 4.98 Å². The second kappa shape index (κ2) is 8.23. The molecule has 158 valence electrons. The Hall–Kier alpha value is -3.06. The van der Waals surface area contributed by atoms with Crippen LogP contribution >= 0.6 is 11.3 Å². The first kappa shape index (κ1) is 19.9. The van der Waals surface area contributed by atoms with Crippen molar-refractivity contribution in [2.24, 2.45) is 0 Å². The lowest BCUT2D eigenvalue weighted by molar-refractivity contribution is -0.139. The molecule has 1 aromatic heterocycles. The normalized spacial score (nSPS) is 17.7. The van der Waals surface area contributed by atoms with E-state index in [0.29, 0.717) is 24.3 Å². The number of likely N-dealkylation sites (tertiary alicyclic amines) is 2. The van der Waals surface area contributed by atoms with Crippen molar-refractivity contribution in [1.29, 1.82) is 0 Å². The van der Waals surface area contributed by atoms with E-state index in [1.54, 1.807) is 23.5 Å². The van der Waals surface area contributed by atoms with Crippen molar-refractivity contribution in [3.63, 3.8) is 0 Å². The van der Waals surface area contributed by atoms with Gasteiger partial charge in [-0.2, -0.15) is 0 Å². The molecule has 0 aliphatic carbocycles. The van der Waals surface area contributed by atoms with Crippen molar-refractivity contribution in [3.8, 4) is 0 Å². The highest BCUT2D eigenvalue weighted by Gasteiger charge is 2.29. The maximum absolute atomic E-state index is 12.9. The number of carbonyl (C=O) groups is 3. The maximum Gasteiger partial charge on any atom is 0.253 e. The molecule has 2 aromatic carbocycles. The van der Waals surface area contributed by atoms with Gasteiger partial charge >= 0.3 is 0 Å². The minimum atomic E-state index is -0.124. The molecule has 0 bridgehead atoms. The summed E-state index contributed by atoms with van der Waals surface area (Å²) in [5.74, 6) is 0.185. The van der Waals surface area contributed by atoms with Gasteiger partial charge in [-0.1, -0.05) is 24.3 Å². The first-order valence-electron chi connectivity index (χ1n) is 10.7. The van der Waals surface area contributed by atoms with Crippen LogP contribution < -0.4 is 0 Å². The molecule has 0 atom stereocenters. The van der Waals surface area contributed by atoms with Gasteiger partial charge in [-0.25, -0.2) is 4.98 Å². The summed E-state index contributed by atoms with van der Waals surface area (Å²) in [6.45, 7) is 1.72. The minimum absolute atomic E-state index is 0.0302. The molecular formula is C24H23N3O3S. The molecule has 2 saturated heterocycles. The molecule has 0 N–H and O–H groups in total. The lowest BCUT2D eigenvalue weighted by atomic mass is 9.97. The lowest BCUT2D eigenvalue weighted by Gasteiger charge is -2.31. The van der Waals surface area contributed by atoms with Gasteiger partial charge in [0.1, 0.15) is 0 Å². The minimum Gasteiger partial charge on any atom is -0.339 e. The van der Waals surface area contributed by atoms with Crippen LogP contribution in [0, 0.1) is 0 Å². The van der Waals surface area contributed by atoms with Crippen LogP contribution in [0.4, 0.5) is 0 Å². The highest BCUT2D eigenvalue weighted by atomic mass is 32.1. The molecule has 2 fully saturated rings. The third-order valence-electron chi connectivity index (χ3n) is 6.14. The largest absolute Gasteiger partial charge is 0.339 e. The van der Waals surface area contributed by atoms with Crippen LogP contribution in [0.5, 0.6) is 0 Å². The number of piperidine rings is 1. The summed E-state index contributed by atoms with van der Waals surface area (Å²) in [7, 11) is 0. The Kier molecular flexibility index (Phi) is 5.28. The average molecular weight is 434 g/mol. The highest BCUT2D eigenvalue weighted by molar-refractivity contribution is 7.18. The number of nitrogens with zero attached hydrogens (tertiary/aromatic N) is 3. The number of imide groups is 1. The van der Waals surface area contributed by atoms with Gasteiger partial charge in [0, 0.05) is 37.4 Å². The van der Waals surface area contributed by atoms with Crippen LogP contribution in [0.15, 0.2) is 48.5 Å². The molecular weight excluding hydrogens is 410 g/mol. The van der Waals surface area contributed by atoms with E-state index in [0.717, 1.165) is 37.0 Å². The summed E-state index contributed by atoms with van der Waals surface area (Å²) in [5, 5.41) is 1.17. The van der Waals surface area contributed by atoms with Crippen molar-refractivity contribution in [1.82, 2.24) is 14.8 Å². The zero-order valence-corrected chi connectivity index (χ0v) is 17.9. The predicted octanol–water partition coefficient (Wildman–Crippen LogP) is 3.97. The van der Waals surface area contributed by atoms with Gasteiger partial charge in [-0.3, -0.25) is 19.3 Å². The first-order chi connectivity index (χ1) is 15.1. The molecule has 3 aromatic rings. The van der Waals surface area contributed by atoms with E-state index in [-0.39, 0.29) is 24.3 Å². The maximum atomic E-state index is 12.9. The van der Waals surface area contributed by atoms with Crippen LogP contribution in [0.3, 0.4) is 0 Å². The molecule has 2 aliphatic rings. The molecule has 5 rings (SSSR count). The van der Waals surface area contributed by atoms with Gasteiger partial charge < -0.3 is 4.90 Å². The Morgan fingerprint density at radius 1 is 0.968 bits per heavy atom. The summed E-state index contributed by atoms with van der Waals surface area (Å²) < 4.78 is 1.22. The van der Waals surface area contributed by atoms with Crippen molar-refractivity contribution in [2.75, 3.05) is 13.1 Å². The number of amides is 3. The number of carbonyl (C=O) groups excluding carboxylic acids is 3. The molecule has 3 heterocycles. The van der Waals surface area contributed by atoms with Crippen LogP contribution in [-0.2, 0) is 16.1 Å². The highest BCUT2D eigenvalue weighted by Crippen LogP contribution is 2.34. The predicted molar refractivity (Wildman–Crippen MR) is 119 cm³/mol. The van der Waals surface area contributed by atoms with E-state index in [1.165, 1.54) is 14.6 Å². The van der Waals surface area contributed by atoms with Gasteiger partial charge in [0.2, 0.25) is 11.8 Å². The monoisotopic (exact) mass is 433 g/mol. The van der Waals surface area contributed by atoms with Gasteiger partial charge in [-0.05, 0) is 42.7 Å². The summed E-state index contributed by atoms with van der Waals surface area (Å²) in [6, 6.07) is 15.5. The standard InChI is InChI=1S/C24H23N3O3S/c28-21-9-10-22(29)27(21)15-16-5-7-18(8-6-16)24(30)26-13-11-17(12-14-26)23-25-19-3-1-2-4-20(19)31-23/h1-8,17H,9-15H2. The van der Waals surface area contributed by atoms with Gasteiger partial charge in [0.15, 0.2) is 0 Å². The molecule has 0 radical (unpaired) electrons. The number of hydrogen-bond acceptors (Lipinski definition) is 5. The fraction of sp³-hybridized carbons (Fsp3) is 0.333. The Bertz CT molecular complexity index is 1100. The van der Waals surface area contributed by atoms with E-state index in [1.807, 2.05) is 35.2 Å². The smallest absolute Gasteiger partial charge is 0.253 e. The van der Waals surface area contributed by atoms with E-state index in [2.05, 4.69) is 6.07 Å². The molecule has 0 unspecified atom stereocenters. The summed E-state index contributed by atoms with van der Waals surface area (Å²) in [5.41, 5.74) is 2.55. The summed E-state index contributed by atoms with van der Waals surface area (Å²) >= 11 is 1.76. The van der Waals surface area contributed by atoms with Crippen molar-refractivity contribution in [2.45, 2.75) is 38.1 Å². The number of hydrogen-bond donors (Lipinski definition) is 0. The van der Waals surface area contributed by atoms with Gasteiger partial charge in [0.25, 0.3) is 5.91 Å². The van der Waals surface area contributed by atoms with Crippen LogP contribution in [-0.4, -0.2) is 45.6 Å². The second-order valence-corrected chi connectivity index (χ2v) is 9.22. The Morgan fingerprint density at radius 3 is 2.32 bits per heavy atom. The first-order valence-corrected chi connectivity index (χ1v) is 11.5. The van der Waals surface area contributed by atoms with Crippen molar-refractivity contribution >= 4 is 39.3 Å². The van der Waals surface area contributed by atoms with Gasteiger partial charge in [-0.15, -0.1) is 11.3 Å². The molecule has 3 amide bonds. The number of thiazole rings is 1. The van der Waals surface area contributed by atoms with Gasteiger partial charge in [0.05, 0.1) is 21.8 Å². The third kappa shape index (κ3) is 3.97. The number of benzene rings is 2. The van der Waals surface area contributed by atoms with Crippen LogP contribution in [0.2, 0.25) is 0 Å². The Balaban J connectivity index is 1.20. The van der Waals surface area contributed by atoms with Crippen molar-refractivity contribution in [3.05, 3.63) is 64.7 Å². The van der Waals surface area contributed by atoms with Crippen molar-refractivity contribution < 1.29 is 14.4 Å². The molecule has 6 nitrogen and oxygen atoms in total. The third-order valence-corrected chi connectivity index (χ3v) is 7.34. The second-order valence-electron chi connectivity index (χ2n) is 8.16. The molecule has 31 heavy (non-hydrogen) atoms. The lowest BCUT2D eigenvalue weighted by Crippen LogP contribution is -2.37. The number of fused-ring (bicyclic) bond motifs is 1. The topological polar surface area (TPSA) is 70.6 Å². The Morgan fingerprint density at radius 2 is 1.65 bits per heavy atom. The molecule has 2 aliphatic heterocycles. The molecule has 7 heteroatoms. The van der Waals surface area contributed by atoms with E-state index >= 15 is 0 Å². The fourth-order valence-electron chi connectivity index (χ4n) is 4.31. The SMILES string of the molecule is O=C(c1ccc(CN2C(=O)CCC2=O)cc1)N1CCC(c2nc3ccccc3s2)CC1. The fourth-order valence-corrected chi connectivity index (χ4v) is 5.45. The van der Waals surface area contributed by atoms with E-state index < -0.39 is 0 Å².